The lowest BCUT2D eigenvalue weighted by Crippen LogP contribution is -2.70. The minimum Gasteiger partial charge on any atom is -0.394 e. The molecule has 1 heterocycles. The molecule has 1 aliphatic rings. The van der Waals surface area contributed by atoms with Crippen molar-refractivity contribution in [3.05, 3.63) is 12.2 Å². The second kappa shape index (κ2) is 15.9. The van der Waals surface area contributed by atoms with Crippen LogP contribution in [0.15, 0.2) is 12.2 Å². The van der Waals surface area contributed by atoms with E-state index in [0.717, 1.165) is 38.5 Å². The topological polar surface area (TPSA) is 127 Å². The molecule has 182 valence electrons. The smallest absolute Gasteiger partial charge is 0.184 e. The van der Waals surface area contributed by atoms with Gasteiger partial charge in [-0.2, -0.15) is 0 Å². The van der Waals surface area contributed by atoms with Crippen molar-refractivity contribution in [1.29, 1.82) is 0 Å². The Labute approximate surface area is 187 Å². The summed E-state index contributed by atoms with van der Waals surface area (Å²) in [4.78, 5) is 12.5. The molecule has 0 aliphatic carbocycles. The number of rotatable bonds is 17. The van der Waals surface area contributed by atoms with Crippen LogP contribution >= 0.6 is 0 Å². The first-order chi connectivity index (χ1) is 14.9. The fraction of sp³-hybridized carbons (Fsp3) is 0.875. The molecule has 5 N–H and O–H groups in total. The van der Waals surface area contributed by atoms with E-state index in [4.69, 9.17) is 4.74 Å². The lowest BCUT2D eigenvalue weighted by atomic mass is 9.79. The summed E-state index contributed by atoms with van der Waals surface area (Å²) >= 11 is 0. The first-order valence-electron chi connectivity index (χ1n) is 12.1. The minimum atomic E-state index is -2.54. The van der Waals surface area contributed by atoms with Crippen molar-refractivity contribution < 1.29 is 35.1 Å². The van der Waals surface area contributed by atoms with Crippen LogP contribution in [0, 0.1) is 0 Å². The third-order valence-electron chi connectivity index (χ3n) is 6.13. The zero-order chi connectivity index (χ0) is 23.1. The summed E-state index contributed by atoms with van der Waals surface area (Å²) in [6.07, 6.45) is 12.2. The fourth-order valence-corrected chi connectivity index (χ4v) is 4.03. The predicted molar refractivity (Wildman–Crippen MR) is 119 cm³/mol. The lowest BCUT2D eigenvalue weighted by Gasteiger charge is -2.45. The van der Waals surface area contributed by atoms with Gasteiger partial charge in [0.1, 0.15) is 18.3 Å². The number of Topliss-reactive ketones (excluding diaryl/α,β-unsaturated/α-hetero) is 1. The Balaban J connectivity index is 2.13. The molecule has 0 radical (unpaired) electrons. The monoisotopic (exact) mass is 444 g/mol. The zero-order valence-electron chi connectivity index (χ0n) is 19.1. The van der Waals surface area contributed by atoms with E-state index in [1.165, 1.54) is 38.5 Å². The van der Waals surface area contributed by atoms with Gasteiger partial charge in [0, 0.05) is 6.42 Å². The van der Waals surface area contributed by atoms with Crippen molar-refractivity contribution in [1.82, 2.24) is 0 Å². The van der Waals surface area contributed by atoms with E-state index in [-0.39, 0.29) is 6.42 Å². The first kappa shape index (κ1) is 28.2. The molecule has 0 spiro atoms. The van der Waals surface area contributed by atoms with Crippen molar-refractivity contribution in [3.63, 3.8) is 0 Å². The molecule has 7 heteroatoms. The molecule has 1 rings (SSSR count). The number of hydrogen-bond acceptors (Lipinski definition) is 7. The van der Waals surface area contributed by atoms with E-state index in [0.29, 0.717) is 6.42 Å². The number of aliphatic hydroxyl groups is 5. The largest absolute Gasteiger partial charge is 0.394 e. The summed E-state index contributed by atoms with van der Waals surface area (Å²) < 4.78 is 4.82. The zero-order valence-corrected chi connectivity index (χ0v) is 19.1. The molecule has 0 unspecified atom stereocenters. The molecule has 0 saturated carbocycles. The van der Waals surface area contributed by atoms with Gasteiger partial charge >= 0.3 is 0 Å². The van der Waals surface area contributed by atoms with Crippen LogP contribution in [-0.4, -0.2) is 68.1 Å². The lowest BCUT2D eigenvalue weighted by molar-refractivity contribution is -0.311. The number of hydrogen-bond donors (Lipinski definition) is 5. The Kier molecular flexibility index (Phi) is 14.5. The number of carbonyl (C=O) groups excluding carboxylic acids is 1. The highest BCUT2D eigenvalue weighted by Gasteiger charge is 2.58. The van der Waals surface area contributed by atoms with Crippen LogP contribution in [0.4, 0.5) is 0 Å². The SMILES string of the molecule is CCCCCCCCC=CCCCCCCCC(=O)[C@]1(O)[C@H](O)[C@@H](CO)O[C@H](O)[C@@H]1O. The number of unbranched alkanes of at least 4 members (excludes halogenated alkanes) is 11. The molecule has 0 aromatic heterocycles. The molecule has 0 bridgehead atoms. The summed E-state index contributed by atoms with van der Waals surface area (Å²) in [5.74, 6) is -0.745. The van der Waals surface area contributed by atoms with Crippen LogP contribution in [0.2, 0.25) is 0 Å². The number of allylic oxidation sites excluding steroid dienone is 2. The molecule has 1 fully saturated rings. The van der Waals surface area contributed by atoms with Gasteiger partial charge in [-0.15, -0.1) is 0 Å². The van der Waals surface area contributed by atoms with E-state index in [1.54, 1.807) is 0 Å². The van der Waals surface area contributed by atoms with Gasteiger partial charge < -0.3 is 30.3 Å². The Hall–Kier alpha value is -0.830. The van der Waals surface area contributed by atoms with E-state index in [2.05, 4.69) is 19.1 Å². The highest BCUT2D eigenvalue weighted by molar-refractivity contribution is 5.88. The van der Waals surface area contributed by atoms with E-state index < -0.39 is 42.6 Å². The van der Waals surface area contributed by atoms with Gasteiger partial charge in [-0.1, -0.05) is 70.4 Å². The second-order valence-corrected chi connectivity index (χ2v) is 8.72. The van der Waals surface area contributed by atoms with E-state index in [1.807, 2.05) is 0 Å². The third kappa shape index (κ3) is 9.28. The molecule has 0 aromatic rings. The van der Waals surface area contributed by atoms with Crippen LogP contribution < -0.4 is 0 Å². The Bertz CT molecular complexity index is 510. The van der Waals surface area contributed by atoms with Gasteiger partial charge in [-0.05, 0) is 32.1 Å². The van der Waals surface area contributed by atoms with Gasteiger partial charge in [0.05, 0.1) is 6.61 Å². The normalized spacial score (nSPS) is 29.0. The van der Waals surface area contributed by atoms with Crippen LogP contribution in [0.3, 0.4) is 0 Å². The van der Waals surface area contributed by atoms with Crippen molar-refractivity contribution in [2.75, 3.05) is 6.61 Å². The number of ketones is 1. The molecular weight excluding hydrogens is 400 g/mol. The maximum absolute atomic E-state index is 12.5. The van der Waals surface area contributed by atoms with Crippen molar-refractivity contribution in [3.8, 4) is 0 Å². The molecule has 1 saturated heterocycles. The van der Waals surface area contributed by atoms with Crippen LogP contribution in [0.1, 0.15) is 96.8 Å². The summed E-state index contributed by atoms with van der Waals surface area (Å²) in [7, 11) is 0. The fourth-order valence-electron chi connectivity index (χ4n) is 4.03. The Morgan fingerprint density at radius 3 is 1.90 bits per heavy atom. The third-order valence-corrected chi connectivity index (χ3v) is 6.13. The molecule has 1 aliphatic heterocycles. The van der Waals surface area contributed by atoms with Crippen molar-refractivity contribution in [2.24, 2.45) is 0 Å². The number of ether oxygens (including phenoxy) is 1. The van der Waals surface area contributed by atoms with Gasteiger partial charge in [0.2, 0.25) is 0 Å². The molecule has 0 aromatic carbocycles. The van der Waals surface area contributed by atoms with Gasteiger partial charge in [-0.25, -0.2) is 0 Å². The minimum absolute atomic E-state index is 0.0202. The van der Waals surface area contributed by atoms with Gasteiger partial charge in [0.25, 0.3) is 0 Å². The van der Waals surface area contributed by atoms with E-state index in [9.17, 15) is 30.3 Å². The summed E-state index contributed by atoms with van der Waals surface area (Å²) in [6, 6.07) is 0. The maximum atomic E-state index is 12.5. The average Bonchev–Trinajstić information content (AvgIpc) is 2.77. The number of carbonyl (C=O) groups is 1. The number of aliphatic hydroxyl groups excluding tert-OH is 4. The first-order valence-corrected chi connectivity index (χ1v) is 12.1. The predicted octanol–water partition coefficient (Wildman–Crippen LogP) is 2.76. The highest BCUT2D eigenvalue weighted by atomic mass is 16.6. The molecular formula is C24H44O7. The summed E-state index contributed by atoms with van der Waals surface area (Å²) in [6.45, 7) is 1.55. The Morgan fingerprint density at radius 1 is 0.839 bits per heavy atom. The van der Waals surface area contributed by atoms with Crippen LogP contribution in [0.25, 0.3) is 0 Å². The summed E-state index contributed by atoms with van der Waals surface area (Å²) in [5, 5.41) is 49.5. The van der Waals surface area contributed by atoms with Crippen LogP contribution in [0.5, 0.6) is 0 Å². The molecule has 7 nitrogen and oxygen atoms in total. The molecule has 0 amide bonds. The maximum Gasteiger partial charge on any atom is 0.184 e. The van der Waals surface area contributed by atoms with E-state index >= 15 is 0 Å². The second-order valence-electron chi connectivity index (χ2n) is 8.72. The molecule has 31 heavy (non-hydrogen) atoms. The van der Waals surface area contributed by atoms with Gasteiger partial charge in [-0.3, -0.25) is 4.79 Å². The average molecular weight is 445 g/mol. The van der Waals surface area contributed by atoms with Crippen molar-refractivity contribution >= 4 is 5.78 Å². The Morgan fingerprint density at radius 2 is 1.35 bits per heavy atom. The highest BCUT2D eigenvalue weighted by Crippen LogP contribution is 2.31. The summed E-state index contributed by atoms with van der Waals surface area (Å²) in [5.41, 5.74) is -2.54. The standard InChI is InChI=1S/C24H44O7/c1-2-3-4-5-6-7-8-9-10-11-12-13-14-15-16-17-20(26)24(30)21(27)19(18-25)31-23(29)22(24)28/h9-10,19,21-23,25,27-30H,2-8,11-18H2,1H3/t19-,21-,22+,23+,24+/m1/s1. The van der Waals surface area contributed by atoms with Crippen molar-refractivity contribution in [2.45, 2.75) is 127 Å². The molecule has 5 atom stereocenters. The van der Waals surface area contributed by atoms with Crippen LogP contribution in [-0.2, 0) is 9.53 Å². The quantitative estimate of drug-likeness (QED) is 0.172. The van der Waals surface area contributed by atoms with Gasteiger partial charge in [0.15, 0.2) is 17.7 Å².